The zero-order chi connectivity index (χ0) is 28.9. The van der Waals surface area contributed by atoms with Gasteiger partial charge in [-0.3, -0.25) is 19.2 Å². The van der Waals surface area contributed by atoms with Crippen molar-refractivity contribution in [3.8, 4) is 5.75 Å². The quantitative estimate of drug-likeness (QED) is 0.450. The minimum atomic E-state index is -0.722. The normalized spacial score (nSPS) is 21.1. The molecule has 1 N–H and O–H groups in total. The van der Waals surface area contributed by atoms with E-state index in [1.54, 1.807) is 0 Å². The lowest BCUT2D eigenvalue weighted by atomic mass is 9.87. The first-order valence-corrected chi connectivity index (χ1v) is 14.5. The summed E-state index contributed by atoms with van der Waals surface area (Å²) in [6.07, 6.45) is 3.99. The molecule has 2 bridgehead atoms. The number of amides is 1. The van der Waals surface area contributed by atoms with Crippen LogP contribution in [0.2, 0.25) is 0 Å². The van der Waals surface area contributed by atoms with Gasteiger partial charge in [-0.25, -0.2) is 0 Å². The Labute approximate surface area is 238 Å². The first-order valence-electron chi connectivity index (χ1n) is 14.5. The fraction of sp³-hybridized carbons (Fsp3) is 0.515. The zero-order valence-corrected chi connectivity index (χ0v) is 24.0. The second-order valence-electron chi connectivity index (χ2n) is 11.3. The highest BCUT2D eigenvalue weighted by molar-refractivity contribution is 5.93. The Bertz CT molecular complexity index is 1110. The predicted octanol–water partition coefficient (Wildman–Crippen LogP) is 5.63. The minimum Gasteiger partial charge on any atom is -0.494 e. The van der Waals surface area contributed by atoms with Gasteiger partial charge in [0.25, 0.3) is 0 Å². The van der Waals surface area contributed by atoms with E-state index in [9.17, 15) is 19.2 Å². The highest BCUT2D eigenvalue weighted by Gasteiger charge is 2.30. The summed E-state index contributed by atoms with van der Waals surface area (Å²) in [7, 11) is 0. The summed E-state index contributed by atoms with van der Waals surface area (Å²) in [4.78, 5) is 52.2. The summed E-state index contributed by atoms with van der Waals surface area (Å²) in [5, 5.41) is 2.95. The number of hydrogen-bond acceptors (Lipinski definition) is 6. The van der Waals surface area contributed by atoms with E-state index in [0.717, 1.165) is 36.1 Å². The van der Waals surface area contributed by atoms with E-state index in [4.69, 9.17) is 9.47 Å². The van der Waals surface area contributed by atoms with Gasteiger partial charge in [-0.2, -0.15) is 0 Å². The Morgan fingerprint density at radius 1 is 0.975 bits per heavy atom. The summed E-state index contributed by atoms with van der Waals surface area (Å²) >= 11 is 0. The number of rotatable bonds is 7. The molecule has 1 amide bonds. The van der Waals surface area contributed by atoms with Crippen LogP contribution in [0.4, 0.5) is 0 Å². The van der Waals surface area contributed by atoms with Crippen LogP contribution in [0, 0.1) is 17.8 Å². The van der Waals surface area contributed by atoms with Gasteiger partial charge in [0.2, 0.25) is 5.91 Å². The van der Waals surface area contributed by atoms with Gasteiger partial charge in [0.05, 0.1) is 25.0 Å². The molecule has 2 heterocycles. The standard InChI is InChI=1S/C33H43NO6/c1-23(2)18-30-31(36)20-27(24(3)35)12-8-5-9-17-39-29-15-13-25(14-16-29)19-28(33(38)34-30)21-32(37)40-22-26-10-6-4-7-11-26/h4,6-7,10-11,13-16,23,27-28,30H,5,8-9,12,17-22H2,1-3H3,(H,34,38)/t27-,28-,30+/m1/s1. The Balaban J connectivity index is 1.82. The van der Waals surface area contributed by atoms with E-state index in [2.05, 4.69) is 5.32 Å². The van der Waals surface area contributed by atoms with Crippen molar-refractivity contribution in [2.45, 2.75) is 84.8 Å². The molecule has 0 fully saturated rings. The fourth-order valence-corrected chi connectivity index (χ4v) is 4.99. The van der Waals surface area contributed by atoms with Gasteiger partial charge in [0.1, 0.15) is 18.1 Å². The van der Waals surface area contributed by atoms with Crippen molar-refractivity contribution in [3.63, 3.8) is 0 Å². The van der Waals surface area contributed by atoms with E-state index in [-0.39, 0.29) is 48.8 Å². The number of carbonyl (C=O) groups is 4. The number of nitrogens with one attached hydrogen (secondary N) is 1. The number of hydrogen-bond donors (Lipinski definition) is 1. The smallest absolute Gasteiger partial charge is 0.306 e. The lowest BCUT2D eigenvalue weighted by Crippen LogP contribution is -2.46. The molecule has 216 valence electrons. The average molecular weight is 550 g/mol. The van der Waals surface area contributed by atoms with E-state index in [1.165, 1.54) is 6.92 Å². The molecule has 3 atom stereocenters. The molecule has 2 aromatic rings. The first-order chi connectivity index (χ1) is 19.2. The molecule has 40 heavy (non-hydrogen) atoms. The Morgan fingerprint density at radius 2 is 1.70 bits per heavy atom. The van der Waals surface area contributed by atoms with E-state index in [1.807, 2.05) is 68.4 Å². The van der Waals surface area contributed by atoms with Gasteiger partial charge in [0.15, 0.2) is 5.78 Å². The number of ketones is 2. The van der Waals surface area contributed by atoms with Gasteiger partial charge in [-0.15, -0.1) is 0 Å². The van der Waals surface area contributed by atoms with Crippen LogP contribution in [-0.2, 0) is 36.9 Å². The van der Waals surface area contributed by atoms with Crippen LogP contribution >= 0.6 is 0 Å². The maximum Gasteiger partial charge on any atom is 0.306 e. The highest BCUT2D eigenvalue weighted by atomic mass is 16.5. The van der Waals surface area contributed by atoms with Crippen LogP contribution in [0.5, 0.6) is 5.75 Å². The molecule has 0 radical (unpaired) electrons. The number of carbonyl (C=O) groups excluding carboxylic acids is 4. The summed E-state index contributed by atoms with van der Waals surface area (Å²) in [6, 6.07) is 16.2. The molecule has 7 nitrogen and oxygen atoms in total. The fourth-order valence-electron chi connectivity index (χ4n) is 4.99. The third kappa shape index (κ3) is 10.6. The Morgan fingerprint density at radius 3 is 2.38 bits per heavy atom. The minimum absolute atomic E-state index is 0.00722. The maximum absolute atomic E-state index is 13.6. The third-order valence-electron chi connectivity index (χ3n) is 7.33. The van der Waals surface area contributed by atoms with Crippen LogP contribution in [0.25, 0.3) is 0 Å². The van der Waals surface area contributed by atoms with Crippen molar-refractivity contribution in [2.75, 3.05) is 6.61 Å². The summed E-state index contributed by atoms with van der Waals surface area (Å²) in [5.41, 5.74) is 1.75. The number of Topliss-reactive ketones (excluding diaryl/α,β-unsaturated/α-hetero) is 2. The van der Waals surface area contributed by atoms with Gasteiger partial charge in [0, 0.05) is 12.3 Å². The second-order valence-corrected chi connectivity index (χ2v) is 11.3. The summed E-state index contributed by atoms with van der Waals surface area (Å²) in [5.74, 6) is -1.17. The molecule has 0 saturated carbocycles. The third-order valence-corrected chi connectivity index (χ3v) is 7.33. The van der Waals surface area contributed by atoms with Crippen molar-refractivity contribution in [2.24, 2.45) is 17.8 Å². The lowest BCUT2D eigenvalue weighted by molar-refractivity contribution is -0.148. The molecule has 0 unspecified atom stereocenters. The van der Waals surface area contributed by atoms with Crippen molar-refractivity contribution in [3.05, 3.63) is 65.7 Å². The maximum atomic E-state index is 13.6. The van der Waals surface area contributed by atoms with Crippen molar-refractivity contribution in [1.82, 2.24) is 5.32 Å². The van der Waals surface area contributed by atoms with Crippen molar-refractivity contribution in [1.29, 1.82) is 0 Å². The number of benzene rings is 2. The second kappa shape index (κ2) is 15.9. The number of esters is 1. The van der Waals surface area contributed by atoms with Crippen LogP contribution in [-0.4, -0.2) is 36.1 Å². The number of fused-ring (bicyclic) bond motifs is 15. The average Bonchev–Trinajstić information content (AvgIpc) is 2.92. The summed E-state index contributed by atoms with van der Waals surface area (Å²) < 4.78 is 11.3. The van der Waals surface area contributed by atoms with Crippen LogP contribution in [0.1, 0.15) is 76.8 Å². The molecule has 4 rings (SSSR count). The molecule has 0 aliphatic carbocycles. The topological polar surface area (TPSA) is 98.8 Å². The van der Waals surface area contributed by atoms with Crippen molar-refractivity contribution < 1.29 is 28.7 Å². The molecule has 2 aliphatic rings. The van der Waals surface area contributed by atoms with Gasteiger partial charge in [-0.05, 0) is 61.8 Å². The molecular formula is C33H43NO6. The molecule has 0 saturated heterocycles. The molecule has 2 aromatic carbocycles. The molecule has 2 aliphatic heterocycles. The van der Waals surface area contributed by atoms with Gasteiger partial charge in [-0.1, -0.05) is 69.2 Å². The van der Waals surface area contributed by atoms with Crippen LogP contribution in [0.15, 0.2) is 54.6 Å². The Kier molecular flexibility index (Phi) is 12.4. The predicted molar refractivity (Wildman–Crippen MR) is 154 cm³/mol. The monoisotopic (exact) mass is 549 g/mol. The van der Waals surface area contributed by atoms with Crippen LogP contribution < -0.4 is 10.1 Å². The lowest BCUT2D eigenvalue weighted by Gasteiger charge is -2.25. The molecular weight excluding hydrogens is 506 g/mol. The Hall–Kier alpha value is -3.48. The van der Waals surface area contributed by atoms with E-state index < -0.39 is 17.9 Å². The molecule has 7 heteroatoms. The number of ether oxygens (including phenoxy) is 2. The van der Waals surface area contributed by atoms with Gasteiger partial charge >= 0.3 is 5.97 Å². The highest BCUT2D eigenvalue weighted by Crippen LogP contribution is 2.22. The first kappa shape index (κ1) is 31.1. The van der Waals surface area contributed by atoms with Crippen molar-refractivity contribution >= 4 is 23.4 Å². The zero-order valence-electron chi connectivity index (χ0n) is 24.0. The molecule has 0 spiro atoms. The van der Waals surface area contributed by atoms with Gasteiger partial charge < -0.3 is 14.8 Å². The van der Waals surface area contributed by atoms with E-state index in [0.29, 0.717) is 25.9 Å². The van der Waals surface area contributed by atoms with E-state index >= 15 is 0 Å². The largest absolute Gasteiger partial charge is 0.494 e. The SMILES string of the molecule is CC(=O)[C@@H]1CCCCCOc2ccc(cc2)C[C@H](CC(=O)OCc2ccccc2)C(=O)N[C@@H](CC(C)C)C(=O)C1. The summed E-state index contributed by atoms with van der Waals surface area (Å²) in [6.45, 7) is 6.22. The molecule has 0 aromatic heterocycles. The van der Waals surface area contributed by atoms with Crippen LogP contribution in [0.3, 0.4) is 0 Å².